The molecule has 6 heteroatoms. The molecule has 5 nitrogen and oxygen atoms in total. The third kappa shape index (κ3) is 2.71. The minimum Gasteiger partial charge on any atom is -0.377 e. The number of hydrogen-bond acceptors (Lipinski definition) is 4. The van der Waals surface area contributed by atoms with Gasteiger partial charge in [-0.3, -0.25) is 0 Å². The van der Waals surface area contributed by atoms with Crippen molar-refractivity contribution in [1.82, 2.24) is 9.62 Å². The lowest BCUT2D eigenvalue weighted by atomic mass is 10.1. The molecule has 3 heterocycles. The molecule has 1 N–H and O–H groups in total. The zero-order valence-corrected chi connectivity index (χ0v) is 11.5. The van der Waals surface area contributed by atoms with Gasteiger partial charge < -0.3 is 10.1 Å². The lowest BCUT2D eigenvalue weighted by Crippen LogP contribution is -2.42. The van der Waals surface area contributed by atoms with Crippen LogP contribution < -0.4 is 5.32 Å². The second kappa shape index (κ2) is 5.07. The van der Waals surface area contributed by atoms with Gasteiger partial charge in [-0.15, -0.1) is 0 Å². The molecular weight excluding hydrogens is 252 g/mol. The lowest BCUT2D eigenvalue weighted by Gasteiger charge is -2.24. The number of nitrogens with one attached hydrogen (secondary N) is 1. The van der Waals surface area contributed by atoms with Crippen molar-refractivity contribution in [3.63, 3.8) is 0 Å². The zero-order chi connectivity index (χ0) is 12.6. The first-order chi connectivity index (χ1) is 8.63. The summed E-state index contributed by atoms with van der Waals surface area (Å²) in [5.41, 5.74) is 0. The minimum atomic E-state index is -3.14. The fourth-order valence-corrected chi connectivity index (χ4v) is 5.01. The van der Waals surface area contributed by atoms with Crippen molar-refractivity contribution in [1.29, 1.82) is 0 Å². The Hall–Kier alpha value is -0.170. The second-order valence-corrected chi connectivity index (χ2v) is 7.71. The summed E-state index contributed by atoms with van der Waals surface area (Å²) in [6.07, 6.45) is 5.05. The van der Waals surface area contributed by atoms with Gasteiger partial charge in [0.1, 0.15) is 0 Å². The smallest absolute Gasteiger partial charge is 0.216 e. The van der Waals surface area contributed by atoms with E-state index in [-0.39, 0.29) is 11.9 Å². The van der Waals surface area contributed by atoms with E-state index in [1.807, 2.05) is 0 Å². The van der Waals surface area contributed by atoms with E-state index in [9.17, 15) is 8.42 Å². The molecule has 0 radical (unpaired) electrons. The average Bonchev–Trinajstić information content (AvgIpc) is 2.87. The van der Waals surface area contributed by atoms with Gasteiger partial charge in [0, 0.05) is 31.8 Å². The fraction of sp³-hybridized carbons (Fsp3) is 1.00. The van der Waals surface area contributed by atoms with Crippen LogP contribution in [-0.4, -0.2) is 56.4 Å². The van der Waals surface area contributed by atoms with Crippen molar-refractivity contribution in [2.75, 3.05) is 25.4 Å². The van der Waals surface area contributed by atoms with Crippen LogP contribution in [0.3, 0.4) is 0 Å². The Morgan fingerprint density at radius 2 is 2.00 bits per heavy atom. The Bertz CT molecular complexity index is 392. The first-order valence-electron chi connectivity index (χ1n) is 6.99. The van der Waals surface area contributed by atoms with Gasteiger partial charge in [-0.25, -0.2) is 12.7 Å². The maximum Gasteiger partial charge on any atom is 0.216 e. The summed E-state index contributed by atoms with van der Waals surface area (Å²) < 4.78 is 31.9. The second-order valence-electron chi connectivity index (χ2n) is 5.70. The molecule has 3 saturated heterocycles. The molecule has 3 aliphatic rings. The number of nitrogens with zero attached hydrogens (tertiary/aromatic N) is 1. The van der Waals surface area contributed by atoms with E-state index in [1.165, 1.54) is 6.42 Å². The predicted molar refractivity (Wildman–Crippen MR) is 68.9 cm³/mol. The van der Waals surface area contributed by atoms with Gasteiger partial charge in [0.25, 0.3) is 0 Å². The number of rotatable bonds is 3. The quantitative estimate of drug-likeness (QED) is 0.805. The molecule has 0 spiro atoms. The Kier molecular flexibility index (Phi) is 3.62. The Labute approximate surface area is 109 Å². The van der Waals surface area contributed by atoms with Gasteiger partial charge in [-0.1, -0.05) is 0 Å². The van der Waals surface area contributed by atoms with Gasteiger partial charge in [0.05, 0.1) is 11.9 Å². The molecule has 3 rings (SSSR count). The van der Waals surface area contributed by atoms with Crippen molar-refractivity contribution in [3.05, 3.63) is 0 Å². The molecule has 3 atom stereocenters. The van der Waals surface area contributed by atoms with Gasteiger partial charge in [0.15, 0.2) is 0 Å². The van der Waals surface area contributed by atoms with Gasteiger partial charge in [0.2, 0.25) is 10.0 Å². The minimum absolute atomic E-state index is 0.0802. The van der Waals surface area contributed by atoms with Crippen LogP contribution >= 0.6 is 0 Å². The Morgan fingerprint density at radius 1 is 1.17 bits per heavy atom. The monoisotopic (exact) mass is 274 g/mol. The summed E-state index contributed by atoms with van der Waals surface area (Å²) in [7, 11) is -3.14. The highest BCUT2D eigenvalue weighted by Crippen LogP contribution is 2.23. The first kappa shape index (κ1) is 12.8. The SMILES string of the molecule is O=S(=O)(CC1CCCO1)N1CCC2CCC(C1)N2. The number of ether oxygens (including phenoxy) is 1. The van der Waals surface area contributed by atoms with Crippen molar-refractivity contribution in [3.8, 4) is 0 Å². The van der Waals surface area contributed by atoms with E-state index in [4.69, 9.17) is 4.74 Å². The van der Waals surface area contributed by atoms with Crippen LogP contribution in [0.2, 0.25) is 0 Å². The molecule has 0 saturated carbocycles. The topological polar surface area (TPSA) is 58.6 Å². The van der Waals surface area contributed by atoms with Gasteiger partial charge in [-0.05, 0) is 32.1 Å². The van der Waals surface area contributed by atoms with Gasteiger partial charge in [-0.2, -0.15) is 0 Å². The van der Waals surface area contributed by atoms with E-state index in [0.29, 0.717) is 31.8 Å². The van der Waals surface area contributed by atoms with E-state index in [0.717, 1.165) is 25.7 Å². The summed E-state index contributed by atoms with van der Waals surface area (Å²) in [6.45, 7) is 2.03. The van der Waals surface area contributed by atoms with Crippen LogP contribution in [0.25, 0.3) is 0 Å². The Balaban J connectivity index is 1.65. The number of sulfonamides is 1. The zero-order valence-electron chi connectivity index (χ0n) is 10.7. The molecule has 0 aromatic heterocycles. The van der Waals surface area contributed by atoms with E-state index in [2.05, 4.69) is 5.32 Å². The lowest BCUT2D eigenvalue weighted by molar-refractivity contribution is 0.126. The maximum atomic E-state index is 12.4. The molecule has 0 amide bonds. The molecule has 18 heavy (non-hydrogen) atoms. The first-order valence-corrected chi connectivity index (χ1v) is 8.60. The van der Waals surface area contributed by atoms with Crippen molar-refractivity contribution < 1.29 is 13.2 Å². The Morgan fingerprint density at radius 3 is 2.78 bits per heavy atom. The molecular formula is C12H22N2O3S. The van der Waals surface area contributed by atoms with Crippen molar-refractivity contribution >= 4 is 10.0 Å². The molecule has 0 aromatic carbocycles. The molecule has 0 aromatic rings. The maximum absolute atomic E-state index is 12.4. The molecule has 3 aliphatic heterocycles. The summed E-state index contributed by atoms with van der Waals surface area (Å²) in [4.78, 5) is 0. The summed E-state index contributed by atoms with van der Waals surface area (Å²) in [5, 5.41) is 3.51. The van der Waals surface area contributed by atoms with Crippen LogP contribution in [0.15, 0.2) is 0 Å². The van der Waals surface area contributed by atoms with Crippen LogP contribution in [0, 0.1) is 0 Å². The molecule has 3 unspecified atom stereocenters. The molecule has 3 fully saturated rings. The largest absolute Gasteiger partial charge is 0.377 e. The summed E-state index contributed by atoms with van der Waals surface area (Å²) >= 11 is 0. The molecule has 2 bridgehead atoms. The third-order valence-corrected chi connectivity index (χ3v) is 6.21. The standard InChI is InChI=1S/C12H22N2O3S/c15-18(16,9-12-2-1-7-17-12)14-6-5-10-3-4-11(8-14)13-10/h10-13H,1-9H2. The number of fused-ring (bicyclic) bond motifs is 2. The normalized spacial score (nSPS) is 37.9. The van der Waals surface area contributed by atoms with Crippen LogP contribution in [0.1, 0.15) is 32.1 Å². The highest BCUT2D eigenvalue weighted by Gasteiger charge is 2.35. The molecule has 104 valence electrons. The fourth-order valence-electron chi connectivity index (χ4n) is 3.28. The summed E-state index contributed by atoms with van der Waals surface area (Å²) in [5.74, 6) is 0.171. The van der Waals surface area contributed by atoms with E-state index < -0.39 is 10.0 Å². The average molecular weight is 274 g/mol. The number of hydrogen-bond donors (Lipinski definition) is 1. The highest BCUT2D eigenvalue weighted by molar-refractivity contribution is 7.89. The van der Waals surface area contributed by atoms with E-state index in [1.54, 1.807) is 4.31 Å². The molecule has 0 aliphatic carbocycles. The van der Waals surface area contributed by atoms with Crippen LogP contribution in [-0.2, 0) is 14.8 Å². The van der Waals surface area contributed by atoms with Crippen molar-refractivity contribution in [2.24, 2.45) is 0 Å². The van der Waals surface area contributed by atoms with E-state index >= 15 is 0 Å². The highest BCUT2D eigenvalue weighted by atomic mass is 32.2. The van der Waals surface area contributed by atoms with Crippen molar-refractivity contribution in [2.45, 2.75) is 50.3 Å². The van der Waals surface area contributed by atoms with Crippen LogP contribution in [0.4, 0.5) is 0 Å². The summed E-state index contributed by atoms with van der Waals surface area (Å²) in [6, 6.07) is 0.884. The predicted octanol–water partition coefficient (Wildman–Crippen LogP) is 0.322. The van der Waals surface area contributed by atoms with Crippen LogP contribution in [0.5, 0.6) is 0 Å². The van der Waals surface area contributed by atoms with Gasteiger partial charge >= 0.3 is 0 Å². The third-order valence-electron chi connectivity index (χ3n) is 4.30.